The molecule has 0 aliphatic carbocycles. The SMILES string of the molecule is COc1cncc(N2CC(CBr)OC(C)(C)C2)n1. The summed E-state index contributed by atoms with van der Waals surface area (Å²) < 4.78 is 11.1. The van der Waals surface area contributed by atoms with E-state index in [9.17, 15) is 0 Å². The Morgan fingerprint density at radius 1 is 1.56 bits per heavy atom. The molecule has 1 fully saturated rings. The molecule has 6 heteroatoms. The third kappa shape index (κ3) is 3.11. The van der Waals surface area contributed by atoms with Gasteiger partial charge in [0.05, 0.1) is 31.2 Å². The van der Waals surface area contributed by atoms with Crippen molar-refractivity contribution < 1.29 is 9.47 Å². The number of hydrogen-bond acceptors (Lipinski definition) is 5. The van der Waals surface area contributed by atoms with Crippen LogP contribution in [0.15, 0.2) is 12.4 Å². The van der Waals surface area contributed by atoms with E-state index < -0.39 is 0 Å². The molecule has 0 radical (unpaired) electrons. The van der Waals surface area contributed by atoms with Gasteiger partial charge in [-0.2, -0.15) is 4.98 Å². The van der Waals surface area contributed by atoms with Crippen LogP contribution in [-0.2, 0) is 4.74 Å². The lowest BCUT2D eigenvalue weighted by molar-refractivity contribution is -0.0726. The second kappa shape index (κ2) is 5.40. The van der Waals surface area contributed by atoms with Gasteiger partial charge >= 0.3 is 0 Å². The molecule has 1 saturated heterocycles. The monoisotopic (exact) mass is 315 g/mol. The summed E-state index contributed by atoms with van der Waals surface area (Å²) in [6, 6.07) is 0. The van der Waals surface area contributed by atoms with Crippen LogP contribution < -0.4 is 9.64 Å². The van der Waals surface area contributed by atoms with E-state index in [1.165, 1.54) is 0 Å². The number of methoxy groups -OCH3 is 1. The summed E-state index contributed by atoms with van der Waals surface area (Å²) in [6.07, 6.45) is 3.52. The normalized spacial score (nSPS) is 22.9. The van der Waals surface area contributed by atoms with Gasteiger partial charge in [-0.15, -0.1) is 0 Å². The topological polar surface area (TPSA) is 47.5 Å². The van der Waals surface area contributed by atoms with Gasteiger partial charge in [0.25, 0.3) is 0 Å². The van der Waals surface area contributed by atoms with Crippen molar-refractivity contribution in [2.75, 3.05) is 30.4 Å². The molecule has 1 aliphatic rings. The summed E-state index contributed by atoms with van der Waals surface area (Å²) in [6.45, 7) is 5.76. The van der Waals surface area contributed by atoms with E-state index in [1.54, 1.807) is 19.5 Å². The number of aromatic nitrogens is 2. The lowest BCUT2D eigenvalue weighted by atomic mass is 10.1. The smallest absolute Gasteiger partial charge is 0.233 e. The van der Waals surface area contributed by atoms with Crippen molar-refractivity contribution in [3.63, 3.8) is 0 Å². The molecule has 1 unspecified atom stereocenters. The van der Waals surface area contributed by atoms with Crippen LogP contribution in [0.3, 0.4) is 0 Å². The fourth-order valence-corrected chi connectivity index (χ4v) is 2.48. The number of anilines is 1. The van der Waals surface area contributed by atoms with Gasteiger partial charge in [-0.1, -0.05) is 15.9 Å². The van der Waals surface area contributed by atoms with E-state index in [1.807, 2.05) is 0 Å². The molecule has 0 amide bonds. The first-order valence-electron chi connectivity index (χ1n) is 5.89. The van der Waals surface area contributed by atoms with E-state index in [-0.39, 0.29) is 11.7 Å². The summed E-state index contributed by atoms with van der Waals surface area (Å²) in [4.78, 5) is 10.8. The minimum absolute atomic E-state index is 0.154. The molecule has 1 aromatic heterocycles. The summed E-state index contributed by atoms with van der Waals surface area (Å²) >= 11 is 3.48. The van der Waals surface area contributed by atoms with Gasteiger partial charge in [-0.25, -0.2) is 0 Å². The van der Waals surface area contributed by atoms with Crippen LogP contribution in [0.2, 0.25) is 0 Å². The van der Waals surface area contributed by atoms with Crippen molar-refractivity contribution in [1.82, 2.24) is 9.97 Å². The Morgan fingerprint density at radius 3 is 3.00 bits per heavy atom. The molecule has 0 aromatic carbocycles. The fourth-order valence-electron chi connectivity index (χ4n) is 2.14. The quantitative estimate of drug-likeness (QED) is 0.797. The highest BCUT2D eigenvalue weighted by molar-refractivity contribution is 9.09. The van der Waals surface area contributed by atoms with E-state index in [2.05, 4.69) is 44.6 Å². The first-order valence-corrected chi connectivity index (χ1v) is 7.01. The number of nitrogens with zero attached hydrogens (tertiary/aromatic N) is 3. The molecule has 2 rings (SSSR count). The van der Waals surface area contributed by atoms with Gasteiger partial charge in [-0.05, 0) is 13.8 Å². The summed E-state index contributed by atoms with van der Waals surface area (Å²) in [5.74, 6) is 1.36. The highest BCUT2D eigenvalue weighted by Crippen LogP contribution is 2.26. The molecule has 1 aliphatic heterocycles. The van der Waals surface area contributed by atoms with Crippen LogP contribution in [0, 0.1) is 0 Å². The molecule has 1 aromatic rings. The second-order valence-electron chi connectivity index (χ2n) is 4.95. The number of halogens is 1. The number of hydrogen-bond donors (Lipinski definition) is 0. The average Bonchev–Trinajstić information content (AvgIpc) is 2.37. The van der Waals surface area contributed by atoms with Crippen LogP contribution in [0.1, 0.15) is 13.8 Å². The maximum Gasteiger partial charge on any atom is 0.233 e. The van der Waals surface area contributed by atoms with Gasteiger partial charge in [0, 0.05) is 18.4 Å². The van der Waals surface area contributed by atoms with Crippen LogP contribution >= 0.6 is 15.9 Å². The Balaban J connectivity index is 2.20. The maximum absolute atomic E-state index is 5.96. The highest BCUT2D eigenvalue weighted by atomic mass is 79.9. The molecule has 5 nitrogen and oxygen atoms in total. The van der Waals surface area contributed by atoms with Gasteiger partial charge < -0.3 is 14.4 Å². The van der Waals surface area contributed by atoms with Crippen molar-refractivity contribution in [3.8, 4) is 5.88 Å². The van der Waals surface area contributed by atoms with Crippen molar-refractivity contribution in [3.05, 3.63) is 12.4 Å². The molecule has 0 N–H and O–H groups in total. The van der Waals surface area contributed by atoms with Gasteiger partial charge in [-0.3, -0.25) is 4.98 Å². The predicted octanol–water partition coefficient (Wildman–Crippen LogP) is 1.86. The Hall–Kier alpha value is -0.880. The Kier molecular flexibility index (Phi) is 4.07. The molecule has 1 atom stereocenters. The predicted molar refractivity (Wildman–Crippen MR) is 73.5 cm³/mol. The molecular formula is C12H18BrN3O2. The zero-order chi connectivity index (χ0) is 13.2. The van der Waals surface area contributed by atoms with E-state index in [4.69, 9.17) is 9.47 Å². The first-order chi connectivity index (χ1) is 8.54. The summed E-state index contributed by atoms with van der Waals surface area (Å²) in [5, 5.41) is 0.810. The van der Waals surface area contributed by atoms with E-state index in [0.29, 0.717) is 5.88 Å². The standard InChI is InChI=1S/C12H18BrN3O2/c1-12(2)8-16(7-9(4-13)18-12)10-5-14-6-11(15-10)17-3/h5-6,9H,4,7-8H2,1-3H3. The highest BCUT2D eigenvalue weighted by Gasteiger charge is 2.33. The zero-order valence-corrected chi connectivity index (χ0v) is 12.5. The zero-order valence-electron chi connectivity index (χ0n) is 10.9. The first kappa shape index (κ1) is 13.5. The van der Waals surface area contributed by atoms with Crippen molar-refractivity contribution in [2.45, 2.75) is 25.6 Å². The molecule has 2 heterocycles. The Morgan fingerprint density at radius 2 is 2.33 bits per heavy atom. The van der Waals surface area contributed by atoms with E-state index in [0.717, 1.165) is 24.2 Å². The largest absolute Gasteiger partial charge is 0.480 e. The Labute approximate surface area is 116 Å². The number of rotatable bonds is 3. The summed E-state index contributed by atoms with van der Waals surface area (Å²) in [7, 11) is 1.60. The lowest BCUT2D eigenvalue weighted by Crippen LogP contribution is -2.53. The van der Waals surface area contributed by atoms with Crippen LogP contribution in [0.5, 0.6) is 5.88 Å². The third-order valence-corrected chi connectivity index (χ3v) is 3.51. The van der Waals surface area contributed by atoms with Crippen LogP contribution in [0.25, 0.3) is 0 Å². The van der Waals surface area contributed by atoms with Crippen LogP contribution in [-0.4, -0.2) is 47.2 Å². The number of alkyl halides is 1. The maximum atomic E-state index is 5.96. The van der Waals surface area contributed by atoms with E-state index >= 15 is 0 Å². The second-order valence-corrected chi connectivity index (χ2v) is 5.60. The summed E-state index contributed by atoms with van der Waals surface area (Å²) in [5.41, 5.74) is -0.193. The average molecular weight is 316 g/mol. The lowest BCUT2D eigenvalue weighted by Gasteiger charge is -2.42. The van der Waals surface area contributed by atoms with Crippen LogP contribution in [0.4, 0.5) is 5.82 Å². The van der Waals surface area contributed by atoms with Gasteiger partial charge in [0.1, 0.15) is 0 Å². The van der Waals surface area contributed by atoms with Crippen molar-refractivity contribution >= 4 is 21.7 Å². The third-order valence-electron chi connectivity index (χ3n) is 2.79. The van der Waals surface area contributed by atoms with Gasteiger partial charge in [0.2, 0.25) is 5.88 Å². The molecule has 0 bridgehead atoms. The minimum atomic E-state index is -0.193. The van der Waals surface area contributed by atoms with Crippen molar-refractivity contribution in [2.24, 2.45) is 0 Å². The molecular weight excluding hydrogens is 298 g/mol. The van der Waals surface area contributed by atoms with Crippen molar-refractivity contribution in [1.29, 1.82) is 0 Å². The fraction of sp³-hybridized carbons (Fsp3) is 0.667. The number of morpholine rings is 1. The minimum Gasteiger partial charge on any atom is -0.480 e. The molecule has 0 saturated carbocycles. The molecule has 100 valence electrons. The molecule has 0 spiro atoms. The van der Waals surface area contributed by atoms with Gasteiger partial charge in [0.15, 0.2) is 5.82 Å². The Bertz CT molecular complexity index is 414. The number of ether oxygens (including phenoxy) is 2. The molecule has 18 heavy (non-hydrogen) atoms.